The molecule has 1 heterocycles. The van der Waals surface area contributed by atoms with E-state index in [2.05, 4.69) is 22.3 Å². The molecule has 0 aliphatic heterocycles. The van der Waals surface area contributed by atoms with Crippen LogP contribution < -0.4 is 4.74 Å². The van der Waals surface area contributed by atoms with Gasteiger partial charge in [0.05, 0.1) is 17.5 Å². The van der Waals surface area contributed by atoms with Crippen LogP contribution in [0.4, 0.5) is 13.2 Å². The molecule has 0 saturated carbocycles. The molecule has 0 spiro atoms. The number of hydrogen-bond donors (Lipinski definition) is 0. The van der Waals surface area contributed by atoms with Crippen LogP contribution in [-0.2, 0) is 11.0 Å². The Balaban J connectivity index is 1.80. The SMILES string of the molecule is CCCCO/N=C/c1ccc(Oc2nnc(C)cc2-c2cccc(C(F)(F)F)c2)cc1. The van der Waals surface area contributed by atoms with Crippen molar-refractivity contribution >= 4 is 6.21 Å². The fourth-order valence-electron chi connectivity index (χ4n) is 2.72. The van der Waals surface area contributed by atoms with Crippen molar-refractivity contribution in [3.05, 3.63) is 71.4 Å². The second-order valence-electron chi connectivity index (χ2n) is 6.88. The average Bonchev–Trinajstić information content (AvgIpc) is 2.75. The molecule has 0 bridgehead atoms. The number of halogens is 3. The third-order valence-corrected chi connectivity index (χ3v) is 4.34. The van der Waals surface area contributed by atoms with Gasteiger partial charge in [-0.2, -0.15) is 18.3 Å². The lowest BCUT2D eigenvalue weighted by Crippen LogP contribution is -2.05. The highest BCUT2D eigenvalue weighted by atomic mass is 19.4. The Bertz CT molecular complexity index is 1030. The van der Waals surface area contributed by atoms with Gasteiger partial charge in [0, 0.05) is 5.56 Å². The van der Waals surface area contributed by atoms with Crippen molar-refractivity contribution in [3.8, 4) is 22.8 Å². The molecule has 0 amide bonds. The maximum absolute atomic E-state index is 13.1. The molecule has 0 radical (unpaired) electrons. The largest absolute Gasteiger partial charge is 0.437 e. The molecule has 0 saturated heterocycles. The highest BCUT2D eigenvalue weighted by molar-refractivity contribution is 5.79. The van der Waals surface area contributed by atoms with Crippen LogP contribution in [0.2, 0.25) is 0 Å². The first-order chi connectivity index (χ1) is 14.9. The number of unbranched alkanes of at least 4 members (excludes halogenated alkanes) is 1. The molecule has 31 heavy (non-hydrogen) atoms. The Kier molecular flexibility index (Phi) is 7.23. The van der Waals surface area contributed by atoms with E-state index in [9.17, 15) is 13.2 Å². The fraction of sp³-hybridized carbons (Fsp3) is 0.261. The minimum absolute atomic E-state index is 0.120. The third-order valence-electron chi connectivity index (χ3n) is 4.34. The molecule has 0 N–H and O–H groups in total. The maximum atomic E-state index is 13.1. The van der Waals surface area contributed by atoms with Crippen LogP contribution in [0, 0.1) is 6.92 Å². The average molecular weight is 429 g/mol. The second kappa shape index (κ2) is 10.1. The topological polar surface area (TPSA) is 56.6 Å². The van der Waals surface area contributed by atoms with Gasteiger partial charge >= 0.3 is 6.18 Å². The smallest absolute Gasteiger partial charge is 0.416 e. The first-order valence-corrected chi connectivity index (χ1v) is 9.82. The number of rotatable bonds is 8. The summed E-state index contributed by atoms with van der Waals surface area (Å²) in [6.45, 7) is 4.35. The van der Waals surface area contributed by atoms with Crippen molar-refractivity contribution in [1.82, 2.24) is 10.2 Å². The summed E-state index contributed by atoms with van der Waals surface area (Å²) in [5.74, 6) is 0.588. The predicted molar refractivity (Wildman–Crippen MR) is 112 cm³/mol. The number of aryl methyl sites for hydroxylation is 1. The molecule has 0 fully saturated rings. The van der Waals surface area contributed by atoms with Crippen LogP contribution in [0.1, 0.15) is 36.6 Å². The zero-order valence-corrected chi connectivity index (χ0v) is 17.2. The highest BCUT2D eigenvalue weighted by Gasteiger charge is 2.30. The Morgan fingerprint density at radius 1 is 1.03 bits per heavy atom. The number of hydrogen-bond acceptors (Lipinski definition) is 5. The number of alkyl halides is 3. The monoisotopic (exact) mass is 429 g/mol. The lowest BCUT2D eigenvalue weighted by molar-refractivity contribution is -0.137. The standard InChI is InChI=1S/C23H22F3N3O2/c1-3-4-12-30-27-15-17-8-10-20(11-9-17)31-22-21(13-16(2)28-29-22)18-6-5-7-19(14-18)23(24,25)26/h5-11,13-15H,3-4,12H2,1-2H3/b27-15+. The van der Waals surface area contributed by atoms with Crippen LogP contribution in [0.15, 0.2) is 59.8 Å². The number of aromatic nitrogens is 2. The van der Waals surface area contributed by atoms with E-state index in [-0.39, 0.29) is 5.88 Å². The summed E-state index contributed by atoms with van der Waals surface area (Å²) in [5, 5.41) is 11.9. The number of benzene rings is 2. The van der Waals surface area contributed by atoms with E-state index in [1.54, 1.807) is 49.5 Å². The third kappa shape index (κ3) is 6.28. The maximum Gasteiger partial charge on any atom is 0.416 e. The van der Waals surface area contributed by atoms with Crippen LogP contribution in [-0.4, -0.2) is 23.0 Å². The van der Waals surface area contributed by atoms with Gasteiger partial charge in [-0.1, -0.05) is 30.6 Å². The molecule has 0 aliphatic rings. The van der Waals surface area contributed by atoms with E-state index in [1.807, 2.05) is 0 Å². The summed E-state index contributed by atoms with van der Waals surface area (Å²) < 4.78 is 45.2. The van der Waals surface area contributed by atoms with Crippen LogP contribution >= 0.6 is 0 Å². The summed E-state index contributed by atoms with van der Waals surface area (Å²) in [6, 6.07) is 13.7. The molecule has 0 aliphatic carbocycles. The van der Waals surface area contributed by atoms with Gasteiger partial charge in [0.2, 0.25) is 5.88 Å². The van der Waals surface area contributed by atoms with Gasteiger partial charge in [0.15, 0.2) is 0 Å². The number of ether oxygens (including phenoxy) is 1. The molecular formula is C23H22F3N3O2. The second-order valence-corrected chi connectivity index (χ2v) is 6.88. The molecule has 3 rings (SSSR count). The summed E-state index contributed by atoms with van der Waals surface area (Å²) in [5.41, 5.74) is 1.41. The van der Waals surface area contributed by atoms with Gasteiger partial charge in [0.25, 0.3) is 0 Å². The fourth-order valence-corrected chi connectivity index (χ4v) is 2.72. The van der Waals surface area contributed by atoms with Gasteiger partial charge in [-0.15, -0.1) is 5.10 Å². The molecule has 0 unspecified atom stereocenters. The van der Waals surface area contributed by atoms with Crippen LogP contribution in [0.5, 0.6) is 11.6 Å². The zero-order chi connectivity index (χ0) is 22.3. The van der Waals surface area contributed by atoms with E-state index in [0.717, 1.165) is 30.5 Å². The van der Waals surface area contributed by atoms with Gasteiger partial charge in [-0.25, -0.2) is 0 Å². The van der Waals surface area contributed by atoms with E-state index in [1.165, 1.54) is 6.07 Å². The molecule has 3 aromatic rings. The first-order valence-electron chi connectivity index (χ1n) is 9.82. The van der Waals surface area contributed by atoms with Crippen molar-refractivity contribution in [2.24, 2.45) is 5.16 Å². The normalized spacial score (nSPS) is 11.6. The molecule has 8 heteroatoms. The summed E-state index contributed by atoms with van der Waals surface area (Å²) in [4.78, 5) is 5.15. The van der Waals surface area contributed by atoms with E-state index < -0.39 is 11.7 Å². The van der Waals surface area contributed by atoms with E-state index in [4.69, 9.17) is 9.57 Å². The number of oxime groups is 1. The van der Waals surface area contributed by atoms with Gasteiger partial charge < -0.3 is 9.57 Å². The van der Waals surface area contributed by atoms with Crippen LogP contribution in [0.3, 0.4) is 0 Å². The van der Waals surface area contributed by atoms with Crippen molar-refractivity contribution in [2.45, 2.75) is 32.9 Å². The summed E-state index contributed by atoms with van der Waals surface area (Å²) in [6.07, 6.45) is -0.870. The first kappa shape index (κ1) is 22.3. The number of nitrogens with zero attached hydrogens (tertiary/aromatic N) is 3. The molecule has 5 nitrogen and oxygen atoms in total. The molecule has 1 aromatic heterocycles. The van der Waals surface area contributed by atoms with E-state index >= 15 is 0 Å². The molecular weight excluding hydrogens is 407 g/mol. The molecule has 2 aromatic carbocycles. The zero-order valence-electron chi connectivity index (χ0n) is 17.2. The molecule has 0 atom stereocenters. The van der Waals surface area contributed by atoms with Crippen molar-refractivity contribution in [1.29, 1.82) is 0 Å². The highest BCUT2D eigenvalue weighted by Crippen LogP contribution is 2.36. The van der Waals surface area contributed by atoms with E-state index in [0.29, 0.717) is 29.2 Å². The molecule has 162 valence electrons. The van der Waals surface area contributed by atoms with Gasteiger partial charge in [-0.05, 0) is 66.9 Å². The van der Waals surface area contributed by atoms with Crippen LogP contribution in [0.25, 0.3) is 11.1 Å². The Morgan fingerprint density at radius 2 is 1.81 bits per heavy atom. The summed E-state index contributed by atoms with van der Waals surface area (Å²) >= 11 is 0. The minimum Gasteiger partial charge on any atom is -0.437 e. The van der Waals surface area contributed by atoms with Crippen molar-refractivity contribution in [3.63, 3.8) is 0 Å². The summed E-state index contributed by atoms with van der Waals surface area (Å²) in [7, 11) is 0. The Morgan fingerprint density at radius 3 is 2.52 bits per heavy atom. The van der Waals surface area contributed by atoms with Crippen molar-refractivity contribution < 1.29 is 22.7 Å². The quantitative estimate of drug-likeness (QED) is 0.236. The van der Waals surface area contributed by atoms with Gasteiger partial charge in [0.1, 0.15) is 12.4 Å². The Labute approximate surface area is 178 Å². The lowest BCUT2D eigenvalue weighted by atomic mass is 10.0. The van der Waals surface area contributed by atoms with Gasteiger partial charge in [-0.3, -0.25) is 0 Å². The Hall–Kier alpha value is -3.42. The minimum atomic E-state index is -4.44. The predicted octanol–water partition coefficient (Wildman–Crippen LogP) is 6.41. The van der Waals surface area contributed by atoms with Crippen molar-refractivity contribution in [2.75, 3.05) is 6.61 Å². The lowest BCUT2D eigenvalue weighted by Gasteiger charge is -2.12.